The fourth-order valence-electron chi connectivity index (χ4n) is 4.32. The van der Waals surface area contributed by atoms with E-state index in [9.17, 15) is 9.59 Å². The highest BCUT2D eigenvalue weighted by molar-refractivity contribution is 6.06. The zero-order chi connectivity index (χ0) is 17.2. The maximum Gasteiger partial charge on any atom is 0.319 e. The minimum Gasteiger partial charge on any atom is -0.468 e. The predicted octanol–water partition coefficient (Wildman–Crippen LogP) is 4.41. The summed E-state index contributed by atoms with van der Waals surface area (Å²) in [6, 6.07) is 4.22. The van der Waals surface area contributed by atoms with E-state index in [0.29, 0.717) is 12.8 Å². The number of ketones is 1. The van der Waals surface area contributed by atoms with Crippen LogP contribution in [0.15, 0.2) is 12.1 Å². The molecule has 1 aliphatic carbocycles. The number of hydrogen-bond donors (Lipinski definition) is 0. The van der Waals surface area contributed by atoms with Crippen molar-refractivity contribution in [2.75, 3.05) is 7.11 Å². The lowest BCUT2D eigenvalue weighted by molar-refractivity contribution is -0.161. The van der Waals surface area contributed by atoms with E-state index in [1.165, 1.54) is 12.7 Å². The summed E-state index contributed by atoms with van der Waals surface area (Å²) in [6.07, 6.45) is 4.15. The van der Waals surface area contributed by atoms with Crippen LogP contribution >= 0.6 is 0 Å². The first-order chi connectivity index (χ1) is 10.8. The Labute approximate surface area is 139 Å². The molecule has 0 radical (unpaired) electrons. The van der Waals surface area contributed by atoms with Gasteiger partial charge in [0.15, 0.2) is 5.78 Å². The van der Waals surface area contributed by atoms with Crippen LogP contribution in [0.4, 0.5) is 0 Å². The van der Waals surface area contributed by atoms with Crippen molar-refractivity contribution in [3.63, 3.8) is 0 Å². The Hall–Kier alpha value is -1.64. The number of hydrogen-bond acceptors (Lipinski definition) is 3. The average Bonchev–Trinajstić information content (AvgIpc) is 2.52. The number of carbonyl (C=O) groups is 2. The van der Waals surface area contributed by atoms with Crippen molar-refractivity contribution in [1.29, 1.82) is 0 Å². The van der Waals surface area contributed by atoms with E-state index in [2.05, 4.69) is 19.1 Å². The Balaban J connectivity index is 2.43. The molecule has 1 aliphatic rings. The van der Waals surface area contributed by atoms with Crippen molar-refractivity contribution in [2.24, 2.45) is 5.41 Å². The van der Waals surface area contributed by atoms with Crippen LogP contribution in [0.25, 0.3) is 0 Å². The van der Waals surface area contributed by atoms with E-state index in [4.69, 9.17) is 4.74 Å². The van der Waals surface area contributed by atoms with E-state index >= 15 is 0 Å². The van der Waals surface area contributed by atoms with E-state index in [1.807, 2.05) is 20.8 Å². The van der Waals surface area contributed by atoms with Gasteiger partial charge in [0.05, 0.1) is 7.11 Å². The van der Waals surface area contributed by atoms with Gasteiger partial charge in [-0.15, -0.1) is 0 Å². The number of Topliss-reactive ketones (excluding diaryl/α,β-unsaturated/α-hetero) is 1. The quantitative estimate of drug-likeness (QED) is 0.610. The maximum absolute atomic E-state index is 13.3. The summed E-state index contributed by atoms with van der Waals surface area (Å²) in [5.74, 6) is -0.608. The first-order valence-electron chi connectivity index (χ1n) is 8.54. The molecule has 0 saturated heterocycles. The summed E-state index contributed by atoms with van der Waals surface area (Å²) in [5.41, 5.74) is 3.56. The van der Waals surface area contributed by atoms with Crippen LogP contribution in [-0.2, 0) is 14.3 Å². The molecule has 3 heteroatoms. The summed E-state index contributed by atoms with van der Waals surface area (Å²) in [7, 11) is 1.39. The van der Waals surface area contributed by atoms with E-state index < -0.39 is 5.41 Å². The van der Waals surface area contributed by atoms with Crippen LogP contribution in [0.2, 0.25) is 0 Å². The molecule has 1 aromatic rings. The Bertz CT molecular complexity index is 586. The van der Waals surface area contributed by atoms with Gasteiger partial charge in [0.1, 0.15) is 5.41 Å². The number of esters is 1. The molecular weight excluding hydrogens is 288 g/mol. The molecule has 0 amide bonds. The van der Waals surface area contributed by atoms with E-state index in [-0.39, 0.29) is 17.7 Å². The Kier molecular flexibility index (Phi) is 5.28. The first-order valence-corrected chi connectivity index (χ1v) is 8.54. The third-order valence-electron chi connectivity index (χ3n) is 5.32. The van der Waals surface area contributed by atoms with Gasteiger partial charge in [0, 0.05) is 5.92 Å². The van der Waals surface area contributed by atoms with Gasteiger partial charge in [-0.05, 0) is 50.3 Å². The third-order valence-corrected chi connectivity index (χ3v) is 5.32. The lowest BCUT2D eigenvalue weighted by Crippen LogP contribution is -2.44. The normalized spacial score (nSPS) is 18.3. The van der Waals surface area contributed by atoms with Crippen LogP contribution in [-0.4, -0.2) is 18.9 Å². The molecule has 0 spiro atoms. The Morgan fingerprint density at radius 1 is 1.04 bits per heavy atom. The molecular formula is C20H28O3. The van der Waals surface area contributed by atoms with Crippen LogP contribution in [0.3, 0.4) is 0 Å². The van der Waals surface area contributed by atoms with Crippen molar-refractivity contribution in [3.05, 3.63) is 34.4 Å². The molecule has 2 rings (SSSR count). The molecule has 126 valence electrons. The van der Waals surface area contributed by atoms with Gasteiger partial charge in [-0.3, -0.25) is 9.59 Å². The molecule has 1 fully saturated rings. The molecule has 1 atom stereocenters. The smallest absolute Gasteiger partial charge is 0.319 e. The number of benzene rings is 1. The predicted molar refractivity (Wildman–Crippen MR) is 91.6 cm³/mol. The zero-order valence-corrected chi connectivity index (χ0v) is 15.0. The van der Waals surface area contributed by atoms with Gasteiger partial charge in [0.2, 0.25) is 0 Å². The molecule has 0 aromatic heterocycles. The van der Waals surface area contributed by atoms with Gasteiger partial charge in [0.25, 0.3) is 0 Å². The summed E-state index contributed by atoms with van der Waals surface area (Å²) >= 11 is 0. The molecule has 1 aromatic carbocycles. The lowest BCUT2D eigenvalue weighted by Gasteiger charge is -2.35. The summed E-state index contributed by atoms with van der Waals surface area (Å²) in [4.78, 5) is 25.8. The van der Waals surface area contributed by atoms with Crippen molar-refractivity contribution >= 4 is 11.8 Å². The fourth-order valence-corrected chi connectivity index (χ4v) is 4.32. The number of rotatable bonds is 4. The topological polar surface area (TPSA) is 43.4 Å². The molecule has 0 bridgehead atoms. The monoisotopic (exact) mass is 316 g/mol. The van der Waals surface area contributed by atoms with Crippen molar-refractivity contribution < 1.29 is 14.3 Å². The van der Waals surface area contributed by atoms with Crippen molar-refractivity contribution in [2.45, 2.75) is 65.7 Å². The number of carbonyl (C=O) groups excluding carboxylic acids is 2. The maximum atomic E-state index is 13.3. The summed E-state index contributed by atoms with van der Waals surface area (Å²) in [5, 5.41) is 0. The second kappa shape index (κ2) is 6.86. The molecule has 23 heavy (non-hydrogen) atoms. The Morgan fingerprint density at radius 2 is 1.57 bits per heavy atom. The number of ether oxygens (including phenoxy) is 1. The van der Waals surface area contributed by atoms with Gasteiger partial charge in [-0.2, -0.15) is 0 Å². The van der Waals surface area contributed by atoms with Gasteiger partial charge in [-0.25, -0.2) is 0 Å². The molecule has 0 heterocycles. The highest BCUT2D eigenvalue weighted by atomic mass is 16.5. The molecule has 1 saturated carbocycles. The number of methoxy groups -OCH3 is 1. The molecule has 0 N–H and O–H groups in total. The highest BCUT2D eigenvalue weighted by Crippen LogP contribution is 2.43. The molecule has 1 unspecified atom stereocenters. The summed E-state index contributed by atoms with van der Waals surface area (Å²) < 4.78 is 5.02. The van der Waals surface area contributed by atoms with Crippen LogP contribution in [0, 0.1) is 26.2 Å². The average molecular weight is 316 g/mol. The van der Waals surface area contributed by atoms with Crippen LogP contribution < -0.4 is 0 Å². The Morgan fingerprint density at radius 3 is 2.04 bits per heavy atom. The van der Waals surface area contributed by atoms with E-state index in [0.717, 1.165) is 36.0 Å². The summed E-state index contributed by atoms with van der Waals surface area (Å²) in [6.45, 7) is 8.09. The highest BCUT2D eigenvalue weighted by Gasteiger charge is 2.49. The largest absolute Gasteiger partial charge is 0.468 e. The van der Waals surface area contributed by atoms with Gasteiger partial charge < -0.3 is 4.74 Å². The van der Waals surface area contributed by atoms with Crippen LogP contribution in [0.5, 0.6) is 0 Å². The minimum atomic E-state index is -0.948. The first kappa shape index (κ1) is 17.7. The van der Waals surface area contributed by atoms with Crippen molar-refractivity contribution in [1.82, 2.24) is 0 Å². The molecule has 0 aliphatic heterocycles. The minimum absolute atomic E-state index is 0.0269. The van der Waals surface area contributed by atoms with Crippen LogP contribution in [0.1, 0.15) is 67.2 Å². The molecule has 3 nitrogen and oxygen atoms in total. The second-order valence-corrected chi connectivity index (χ2v) is 7.03. The standard InChI is InChI=1S/C20H28O3/c1-13-11-14(2)17(15(3)12-13)16(4)18(21)20(19(22)23-5)9-7-6-8-10-20/h11-12,16H,6-10H2,1-5H3. The second-order valence-electron chi connectivity index (χ2n) is 7.03. The zero-order valence-electron chi connectivity index (χ0n) is 15.0. The fraction of sp³-hybridized carbons (Fsp3) is 0.600. The third kappa shape index (κ3) is 3.19. The van der Waals surface area contributed by atoms with Gasteiger partial charge in [-0.1, -0.05) is 43.9 Å². The SMILES string of the molecule is COC(=O)C1(C(=O)C(C)c2c(C)cc(C)cc2C)CCCCC1. The van der Waals surface area contributed by atoms with Gasteiger partial charge >= 0.3 is 5.97 Å². The van der Waals surface area contributed by atoms with E-state index in [1.54, 1.807) is 0 Å². The number of aryl methyl sites for hydroxylation is 3. The van der Waals surface area contributed by atoms with Crippen molar-refractivity contribution in [3.8, 4) is 0 Å². The lowest BCUT2D eigenvalue weighted by atomic mass is 9.66.